The Morgan fingerprint density at radius 2 is 1.39 bits per heavy atom. The van der Waals surface area contributed by atoms with Crippen LogP contribution in [0.15, 0.2) is 66.7 Å². The average molecular weight is 422 g/mol. The van der Waals surface area contributed by atoms with Gasteiger partial charge in [0.15, 0.2) is 5.75 Å². The lowest BCUT2D eigenvalue weighted by Gasteiger charge is -2.12. The number of methoxy groups -OCH3 is 2. The fourth-order valence-corrected chi connectivity index (χ4v) is 2.64. The van der Waals surface area contributed by atoms with E-state index in [4.69, 9.17) is 14.2 Å². The number of non-ortho nitro benzene ring substituents is 1. The lowest BCUT2D eigenvalue weighted by Crippen LogP contribution is -2.15. The van der Waals surface area contributed by atoms with E-state index in [1.54, 1.807) is 36.4 Å². The third-order valence-electron chi connectivity index (χ3n) is 4.30. The van der Waals surface area contributed by atoms with E-state index in [-0.39, 0.29) is 22.7 Å². The minimum absolute atomic E-state index is 0.105. The van der Waals surface area contributed by atoms with Crippen molar-refractivity contribution in [3.63, 3.8) is 0 Å². The van der Waals surface area contributed by atoms with Crippen molar-refractivity contribution in [1.82, 2.24) is 0 Å². The zero-order valence-electron chi connectivity index (χ0n) is 16.7. The van der Waals surface area contributed by atoms with Gasteiger partial charge < -0.3 is 19.5 Å². The molecule has 0 saturated carbocycles. The Hall–Kier alpha value is -4.40. The summed E-state index contributed by atoms with van der Waals surface area (Å²) in [5, 5.41) is 13.8. The molecule has 1 N–H and O–H groups in total. The average Bonchev–Trinajstić information content (AvgIpc) is 2.80. The number of hydrogen-bond donors (Lipinski definition) is 1. The van der Waals surface area contributed by atoms with Crippen LogP contribution in [0.4, 0.5) is 11.4 Å². The Morgan fingerprint density at radius 1 is 0.839 bits per heavy atom. The third-order valence-corrected chi connectivity index (χ3v) is 4.30. The Balaban J connectivity index is 1.86. The number of hydrogen-bond acceptors (Lipinski definition) is 7. The Bertz CT molecular complexity index is 1110. The summed E-state index contributed by atoms with van der Waals surface area (Å²) in [6.45, 7) is 0. The number of nitro benzene ring substituents is 1. The summed E-state index contributed by atoms with van der Waals surface area (Å²) in [5.74, 6) is -0.251. The van der Waals surface area contributed by atoms with Crippen molar-refractivity contribution in [3.8, 4) is 17.2 Å². The fourth-order valence-electron chi connectivity index (χ4n) is 2.64. The first-order valence-corrected chi connectivity index (χ1v) is 9.01. The van der Waals surface area contributed by atoms with Gasteiger partial charge in [-0.1, -0.05) is 0 Å². The maximum absolute atomic E-state index is 12.6. The highest BCUT2D eigenvalue weighted by molar-refractivity contribution is 6.05. The molecule has 9 heteroatoms. The molecule has 0 aromatic heterocycles. The van der Waals surface area contributed by atoms with Crippen LogP contribution in [0, 0.1) is 10.1 Å². The number of ether oxygens (including phenoxy) is 3. The van der Waals surface area contributed by atoms with E-state index < -0.39 is 16.8 Å². The van der Waals surface area contributed by atoms with Crippen molar-refractivity contribution in [2.45, 2.75) is 0 Å². The minimum atomic E-state index is -0.747. The highest BCUT2D eigenvalue weighted by Gasteiger charge is 2.18. The molecule has 3 rings (SSSR count). The number of benzene rings is 3. The molecular formula is C22H18N2O7. The van der Waals surface area contributed by atoms with Gasteiger partial charge in [-0.2, -0.15) is 0 Å². The summed E-state index contributed by atoms with van der Waals surface area (Å²) in [4.78, 5) is 35.6. The Morgan fingerprint density at radius 3 is 1.90 bits per heavy atom. The smallest absolute Gasteiger partial charge is 0.343 e. The van der Waals surface area contributed by atoms with E-state index in [0.29, 0.717) is 17.1 Å². The maximum Gasteiger partial charge on any atom is 0.343 e. The second-order valence-electron chi connectivity index (χ2n) is 6.24. The molecule has 0 saturated heterocycles. The topological polar surface area (TPSA) is 117 Å². The lowest BCUT2D eigenvalue weighted by molar-refractivity contribution is -0.384. The summed E-state index contributed by atoms with van der Waals surface area (Å²) in [7, 11) is 3.00. The largest absolute Gasteiger partial charge is 0.497 e. The molecule has 0 aliphatic carbocycles. The van der Waals surface area contributed by atoms with Crippen LogP contribution in [-0.2, 0) is 0 Å². The molecule has 1 amide bonds. The van der Waals surface area contributed by atoms with Crippen LogP contribution >= 0.6 is 0 Å². The second-order valence-corrected chi connectivity index (χ2v) is 6.24. The SMILES string of the molecule is COc1ccc(C(=O)Nc2ccc([N+](=O)[O-])cc2OC(=O)c2ccc(OC)cc2)cc1. The molecule has 3 aromatic carbocycles. The van der Waals surface area contributed by atoms with Crippen molar-refractivity contribution in [1.29, 1.82) is 0 Å². The first-order valence-electron chi connectivity index (χ1n) is 9.01. The minimum Gasteiger partial charge on any atom is -0.497 e. The Kier molecular flexibility index (Phi) is 6.46. The molecule has 0 fully saturated rings. The molecule has 0 heterocycles. The van der Waals surface area contributed by atoms with E-state index in [0.717, 1.165) is 6.07 Å². The van der Waals surface area contributed by atoms with Gasteiger partial charge in [-0.15, -0.1) is 0 Å². The molecule has 158 valence electrons. The van der Waals surface area contributed by atoms with Gasteiger partial charge in [0.1, 0.15) is 11.5 Å². The van der Waals surface area contributed by atoms with Gasteiger partial charge >= 0.3 is 5.97 Å². The van der Waals surface area contributed by atoms with Crippen molar-refractivity contribution in [2.24, 2.45) is 0 Å². The monoisotopic (exact) mass is 422 g/mol. The van der Waals surface area contributed by atoms with Gasteiger partial charge in [0.2, 0.25) is 0 Å². The molecular weight excluding hydrogens is 404 g/mol. The van der Waals surface area contributed by atoms with Gasteiger partial charge in [-0.25, -0.2) is 4.79 Å². The number of amides is 1. The summed E-state index contributed by atoms with van der Waals surface area (Å²) in [6.07, 6.45) is 0. The molecule has 0 unspecified atom stereocenters. The molecule has 0 atom stereocenters. The van der Waals surface area contributed by atoms with Crippen LogP contribution < -0.4 is 19.5 Å². The number of nitro groups is 1. The van der Waals surface area contributed by atoms with Crippen LogP contribution in [0.25, 0.3) is 0 Å². The molecule has 0 aliphatic rings. The molecule has 0 radical (unpaired) electrons. The van der Waals surface area contributed by atoms with Gasteiger partial charge in [-0.3, -0.25) is 14.9 Å². The van der Waals surface area contributed by atoms with Gasteiger partial charge in [0.25, 0.3) is 11.6 Å². The van der Waals surface area contributed by atoms with Crippen LogP contribution in [0.1, 0.15) is 20.7 Å². The number of carbonyl (C=O) groups excluding carboxylic acids is 2. The quantitative estimate of drug-likeness (QED) is 0.264. The number of carbonyl (C=O) groups is 2. The number of esters is 1. The predicted molar refractivity (Wildman–Crippen MR) is 112 cm³/mol. The van der Waals surface area contributed by atoms with E-state index in [2.05, 4.69) is 5.32 Å². The number of nitrogens with one attached hydrogen (secondary N) is 1. The molecule has 9 nitrogen and oxygen atoms in total. The summed E-state index contributed by atoms with van der Waals surface area (Å²) in [5.41, 5.74) is 0.347. The van der Waals surface area contributed by atoms with Crippen molar-refractivity contribution in [2.75, 3.05) is 19.5 Å². The van der Waals surface area contributed by atoms with Crippen molar-refractivity contribution < 1.29 is 28.7 Å². The highest BCUT2D eigenvalue weighted by atomic mass is 16.6. The molecule has 31 heavy (non-hydrogen) atoms. The Labute approximate surface area is 177 Å². The summed E-state index contributed by atoms with van der Waals surface area (Å²) >= 11 is 0. The molecule has 3 aromatic rings. The van der Waals surface area contributed by atoms with Gasteiger partial charge in [-0.05, 0) is 54.6 Å². The number of rotatable bonds is 7. The van der Waals surface area contributed by atoms with Crippen LogP contribution in [0.5, 0.6) is 17.2 Å². The third kappa shape index (κ3) is 5.15. The lowest BCUT2D eigenvalue weighted by atomic mass is 10.2. The fraction of sp³-hybridized carbons (Fsp3) is 0.0909. The summed E-state index contributed by atoms with van der Waals surface area (Å²) in [6, 6.07) is 16.1. The first kappa shape index (κ1) is 21.3. The normalized spacial score (nSPS) is 10.1. The van der Waals surface area contributed by atoms with E-state index >= 15 is 0 Å². The van der Waals surface area contributed by atoms with E-state index in [1.807, 2.05) is 0 Å². The zero-order chi connectivity index (χ0) is 22.4. The predicted octanol–water partition coefficient (Wildman–Crippen LogP) is 4.08. The number of nitrogens with zero attached hydrogens (tertiary/aromatic N) is 1. The van der Waals surface area contributed by atoms with Crippen LogP contribution in [0.2, 0.25) is 0 Å². The van der Waals surface area contributed by atoms with Crippen molar-refractivity contribution in [3.05, 3.63) is 88.0 Å². The summed E-state index contributed by atoms with van der Waals surface area (Å²) < 4.78 is 15.5. The van der Waals surface area contributed by atoms with E-state index in [1.165, 1.54) is 38.5 Å². The van der Waals surface area contributed by atoms with Crippen LogP contribution in [0.3, 0.4) is 0 Å². The standard InChI is InChI=1S/C22H18N2O7/c1-29-17-8-3-14(4-9-17)21(25)23-19-12-7-16(24(27)28)13-20(19)31-22(26)15-5-10-18(30-2)11-6-15/h3-13H,1-2H3,(H,23,25). The van der Waals surface area contributed by atoms with Crippen molar-refractivity contribution >= 4 is 23.3 Å². The molecule has 0 aliphatic heterocycles. The first-order chi connectivity index (χ1) is 14.9. The number of anilines is 1. The van der Waals surface area contributed by atoms with Gasteiger partial charge in [0, 0.05) is 11.6 Å². The molecule has 0 spiro atoms. The van der Waals surface area contributed by atoms with E-state index in [9.17, 15) is 19.7 Å². The second kappa shape index (κ2) is 9.40. The molecule has 0 bridgehead atoms. The van der Waals surface area contributed by atoms with Crippen LogP contribution in [-0.4, -0.2) is 31.0 Å². The highest BCUT2D eigenvalue weighted by Crippen LogP contribution is 2.31. The van der Waals surface area contributed by atoms with Gasteiger partial charge in [0.05, 0.1) is 36.5 Å². The zero-order valence-corrected chi connectivity index (χ0v) is 16.7. The maximum atomic E-state index is 12.6.